The third-order valence-corrected chi connectivity index (χ3v) is 2.80. The van der Waals surface area contributed by atoms with E-state index in [0.717, 1.165) is 5.56 Å². The number of aromatic amines is 1. The minimum atomic E-state index is -0.0758. The highest BCUT2D eigenvalue weighted by atomic mass is 16.2. The van der Waals surface area contributed by atoms with Crippen LogP contribution in [-0.4, -0.2) is 34.6 Å². The topological polar surface area (TPSA) is 75.0 Å². The summed E-state index contributed by atoms with van der Waals surface area (Å²) in [4.78, 5) is 14.1. The second kappa shape index (κ2) is 6.55. The summed E-state index contributed by atoms with van der Waals surface area (Å²) in [6.45, 7) is 0.765. The van der Waals surface area contributed by atoms with Crippen molar-refractivity contribution in [2.45, 2.75) is 6.54 Å². The lowest BCUT2D eigenvalue weighted by molar-refractivity contribution is 0.0785. The van der Waals surface area contributed by atoms with Crippen molar-refractivity contribution in [2.24, 2.45) is 5.73 Å². The maximum Gasteiger partial charge on any atom is 0.255 e. The smallest absolute Gasteiger partial charge is 0.255 e. The Balaban J connectivity index is 2.20. The van der Waals surface area contributed by atoms with Gasteiger partial charge in [-0.25, -0.2) is 0 Å². The Kier molecular flexibility index (Phi) is 4.53. The molecule has 0 saturated heterocycles. The molecule has 0 bridgehead atoms. The molecular weight excluding hydrogens is 252 g/mol. The zero-order valence-electron chi connectivity index (χ0n) is 11.3. The molecule has 0 aliphatic rings. The molecule has 0 aliphatic heterocycles. The Morgan fingerprint density at radius 1 is 1.45 bits per heavy atom. The highest BCUT2D eigenvalue weighted by molar-refractivity contribution is 5.96. The van der Waals surface area contributed by atoms with Crippen LogP contribution >= 0.6 is 0 Å². The van der Waals surface area contributed by atoms with Crippen LogP contribution in [-0.2, 0) is 6.54 Å². The van der Waals surface area contributed by atoms with Gasteiger partial charge in [0.2, 0.25) is 0 Å². The fourth-order valence-corrected chi connectivity index (χ4v) is 1.84. The summed E-state index contributed by atoms with van der Waals surface area (Å²) in [6, 6.07) is 7.27. The number of nitrogens with zero attached hydrogens (tertiary/aromatic N) is 2. The third kappa shape index (κ3) is 3.25. The van der Waals surface area contributed by atoms with E-state index in [-0.39, 0.29) is 12.5 Å². The first-order valence-electron chi connectivity index (χ1n) is 6.23. The van der Waals surface area contributed by atoms with Crippen LogP contribution < -0.4 is 5.73 Å². The monoisotopic (exact) mass is 268 g/mol. The molecule has 0 unspecified atom stereocenters. The van der Waals surface area contributed by atoms with E-state index in [1.165, 1.54) is 0 Å². The number of nitrogens with one attached hydrogen (secondary N) is 1. The van der Waals surface area contributed by atoms with Gasteiger partial charge in [-0.3, -0.25) is 9.89 Å². The Hall–Kier alpha value is -2.58. The summed E-state index contributed by atoms with van der Waals surface area (Å²) in [6.07, 6.45) is 3.47. The van der Waals surface area contributed by atoms with Crippen molar-refractivity contribution in [3.05, 3.63) is 53.3 Å². The summed E-state index contributed by atoms with van der Waals surface area (Å²) in [5.74, 6) is 5.63. The molecule has 5 heteroatoms. The van der Waals surface area contributed by atoms with Crippen LogP contribution in [0, 0.1) is 11.8 Å². The van der Waals surface area contributed by atoms with Crippen molar-refractivity contribution in [1.82, 2.24) is 15.1 Å². The molecule has 0 radical (unpaired) electrons. The average molecular weight is 268 g/mol. The number of H-pyrrole nitrogens is 1. The molecule has 20 heavy (non-hydrogen) atoms. The minimum absolute atomic E-state index is 0.0758. The Labute approximate surface area is 117 Å². The molecule has 0 atom stereocenters. The number of carbonyl (C=O) groups excluding carboxylic acids is 1. The lowest BCUT2D eigenvalue weighted by Crippen LogP contribution is -2.26. The number of aromatic nitrogens is 2. The van der Waals surface area contributed by atoms with Crippen LogP contribution in [0.3, 0.4) is 0 Å². The maximum atomic E-state index is 12.5. The number of carbonyl (C=O) groups is 1. The Morgan fingerprint density at radius 3 is 2.95 bits per heavy atom. The Bertz CT molecular complexity index is 637. The van der Waals surface area contributed by atoms with Crippen LogP contribution in [0.5, 0.6) is 0 Å². The van der Waals surface area contributed by atoms with E-state index in [4.69, 9.17) is 5.73 Å². The molecule has 5 nitrogen and oxygen atoms in total. The van der Waals surface area contributed by atoms with Crippen LogP contribution in [0.2, 0.25) is 0 Å². The standard InChI is InChI=1S/C15H16N4O/c1-19(11-12-9-17-18-10-12)15(20)14-7-3-2-5-13(14)6-4-8-16/h2-3,5,7,9-10H,8,11,16H2,1H3,(H,17,18). The average Bonchev–Trinajstić information content (AvgIpc) is 2.97. The van der Waals surface area contributed by atoms with Gasteiger partial charge in [-0.2, -0.15) is 5.10 Å². The number of amides is 1. The third-order valence-electron chi connectivity index (χ3n) is 2.80. The molecule has 1 aromatic heterocycles. The van der Waals surface area contributed by atoms with Gasteiger partial charge in [-0.15, -0.1) is 0 Å². The molecule has 3 N–H and O–H groups in total. The van der Waals surface area contributed by atoms with Crippen LogP contribution in [0.25, 0.3) is 0 Å². The van der Waals surface area contributed by atoms with E-state index in [9.17, 15) is 4.79 Å². The van der Waals surface area contributed by atoms with Gasteiger partial charge in [0, 0.05) is 30.9 Å². The van der Waals surface area contributed by atoms with Crippen molar-refractivity contribution in [3.8, 4) is 11.8 Å². The number of rotatable bonds is 3. The summed E-state index contributed by atoms with van der Waals surface area (Å²) < 4.78 is 0. The lowest BCUT2D eigenvalue weighted by atomic mass is 10.1. The summed E-state index contributed by atoms with van der Waals surface area (Å²) in [5, 5.41) is 6.60. The zero-order chi connectivity index (χ0) is 14.4. The second-order valence-corrected chi connectivity index (χ2v) is 4.32. The molecule has 1 amide bonds. The van der Waals surface area contributed by atoms with Crippen molar-refractivity contribution in [2.75, 3.05) is 13.6 Å². The summed E-state index contributed by atoms with van der Waals surface area (Å²) >= 11 is 0. The first-order valence-corrected chi connectivity index (χ1v) is 6.23. The number of nitrogens with two attached hydrogens (primary N) is 1. The normalized spacial score (nSPS) is 9.70. The molecule has 102 valence electrons. The molecule has 2 aromatic rings. The molecule has 0 saturated carbocycles. The Morgan fingerprint density at radius 2 is 2.25 bits per heavy atom. The quantitative estimate of drug-likeness (QED) is 0.815. The van der Waals surface area contributed by atoms with E-state index in [1.807, 2.05) is 18.2 Å². The zero-order valence-corrected chi connectivity index (χ0v) is 11.3. The van der Waals surface area contributed by atoms with E-state index in [0.29, 0.717) is 17.7 Å². The van der Waals surface area contributed by atoms with E-state index >= 15 is 0 Å². The molecular formula is C15H16N4O. The lowest BCUT2D eigenvalue weighted by Gasteiger charge is -2.17. The van der Waals surface area contributed by atoms with Gasteiger partial charge in [-0.1, -0.05) is 24.0 Å². The SMILES string of the molecule is CN(Cc1cn[nH]c1)C(=O)c1ccccc1C#CCN. The predicted molar refractivity (Wildman–Crippen MR) is 76.8 cm³/mol. The van der Waals surface area contributed by atoms with Crippen molar-refractivity contribution in [1.29, 1.82) is 0 Å². The fraction of sp³-hybridized carbons (Fsp3) is 0.200. The highest BCUT2D eigenvalue weighted by Gasteiger charge is 2.15. The van der Waals surface area contributed by atoms with Crippen LogP contribution in [0.15, 0.2) is 36.7 Å². The van der Waals surface area contributed by atoms with Crippen molar-refractivity contribution >= 4 is 5.91 Å². The second-order valence-electron chi connectivity index (χ2n) is 4.32. The summed E-state index contributed by atoms with van der Waals surface area (Å²) in [5.41, 5.74) is 7.60. The van der Waals surface area contributed by atoms with Crippen molar-refractivity contribution < 1.29 is 4.79 Å². The van der Waals surface area contributed by atoms with Gasteiger partial charge in [0.25, 0.3) is 5.91 Å². The van der Waals surface area contributed by atoms with E-state index < -0.39 is 0 Å². The number of benzene rings is 1. The summed E-state index contributed by atoms with van der Waals surface area (Å²) in [7, 11) is 1.75. The van der Waals surface area contributed by atoms with Gasteiger partial charge in [0.1, 0.15) is 0 Å². The first kappa shape index (κ1) is 13.8. The fourth-order valence-electron chi connectivity index (χ4n) is 1.84. The van der Waals surface area contributed by atoms with E-state index in [2.05, 4.69) is 22.0 Å². The maximum absolute atomic E-state index is 12.5. The van der Waals surface area contributed by atoms with Gasteiger partial charge in [0.05, 0.1) is 18.3 Å². The molecule has 2 rings (SSSR count). The highest BCUT2D eigenvalue weighted by Crippen LogP contribution is 2.12. The van der Waals surface area contributed by atoms with Gasteiger partial charge >= 0.3 is 0 Å². The molecule has 0 aliphatic carbocycles. The largest absolute Gasteiger partial charge is 0.337 e. The number of hydrogen-bond donors (Lipinski definition) is 2. The van der Waals surface area contributed by atoms with Gasteiger partial charge in [-0.05, 0) is 12.1 Å². The molecule has 0 spiro atoms. The van der Waals surface area contributed by atoms with E-state index in [1.54, 1.807) is 30.4 Å². The minimum Gasteiger partial charge on any atom is -0.337 e. The van der Waals surface area contributed by atoms with Gasteiger partial charge in [0.15, 0.2) is 0 Å². The molecule has 1 heterocycles. The first-order chi connectivity index (χ1) is 9.72. The van der Waals surface area contributed by atoms with Crippen molar-refractivity contribution in [3.63, 3.8) is 0 Å². The molecule has 1 aromatic carbocycles. The molecule has 0 fully saturated rings. The predicted octanol–water partition coefficient (Wildman–Crippen LogP) is 0.992. The number of hydrogen-bond acceptors (Lipinski definition) is 3. The van der Waals surface area contributed by atoms with Crippen LogP contribution in [0.4, 0.5) is 0 Å². The van der Waals surface area contributed by atoms with Gasteiger partial charge < -0.3 is 10.6 Å². The van der Waals surface area contributed by atoms with Crippen LogP contribution in [0.1, 0.15) is 21.5 Å².